The van der Waals surface area contributed by atoms with Crippen LogP contribution in [-0.4, -0.2) is 20.3 Å². The van der Waals surface area contributed by atoms with Crippen molar-refractivity contribution in [1.29, 1.82) is 0 Å². The zero-order valence-electron chi connectivity index (χ0n) is 18.4. The van der Waals surface area contributed by atoms with E-state index in [9.17, 15) is 4.79 Å². The topological polar surface area (TPSA) is 90.3 Å². The van der Waals surface area contributed by atoms with E-state index in [1.165, 1.54) is 11.8 Å². The number of aromatic amines is 2. The number of H-pyrrole nitrogens is 2. The predicted molar refractivity (Wildman–Crippen MR) is 137 cm³/mol. The van der Waals surface area contributed by atoms with Crippen LogP contribution in [-0.2, 0) is 5.75 Å². The molecule has 0 spiro atoms. The molecule has 0 saturated carbocycles. The van der Waals surface area contributed by atoms with Crippen LogP contribution in [0.5, 0.6) is 0 Å². The third-order valence-corrected chi connectivity index (χ3v) is 7.08. The van der Waals surface area contributed by atoms with Crippen molar-refractivity contribution in [2.45, 2.75) is 17.1 Å². The van der Waals surface area contributed by atoms with Gasteiger partial charge in [-0.3, -0.25) is 14.9 Å². The van der Waals surface area contributed by atoms with Crippen LogP contribution in [0.3, 0.4) is 0 Å². The number of hydrogen-bond acceptors (Lipinski definition) is 5. The second-order valence-corrected chi connectivity index (χ2v) is 9.53. The average molecular weight is 500 g/mol. The lowest BCUT2D eigenvalue weighted by molar-refractivity contribution is -0.759. The molecular formula is C26H20ClN6OS+. The fourth-order valence-electron chi connectivity index (χ4n) is 4.24. The van der Waals surface area contributed by atoms with Crippen LogP contribution in [0.2, 0.25) is 5.02 Å². The third-order valence-electron chi connectivity index (χ3n) is 5.90. The van der Waals surface area contributed by atoms with Gasteiger partial charge in [0.2, 0.25) is 5.16 Å². The first-order valence-electron chi connectivity index (χ1n) is 11.1. The summed E-state index contributed by atoms with van der Waals surface area (Å²) in [6.45, 7) is 0. The molecule has 0 amide bonds. The Hall–Kier alpha value is -3.88. The number of rotatable bonds is 5. The minimum Gasteiger partial charge on any atom is -0.321 e. The highest BCUT2D eigenvalue weighted by Gasteiger charge is 2.39. The van der Waals surface area contributed by atoms with Gasteiger partial charge in [-0.1, -0.05) is 78.0 Å². The highest BCUT2D eigenvalue weighted by molar-refractivity contribution is 7.98. The Morgan fingerprint density at radius 1 is 0.971 bits per heavy atom. The SMILES string of the molecule is O=c1[nH]c(SCc2ccc(Cl)cc2)n[n+]2c1-c1ccccc1N[C@@H]2c1cn[nH]c1-c1ccccc1. The van der Waals surface area contributed by atoms with Gasteiger partial charge < -0.3 is 5.32 Å². The summed E-state index contributed by atoms with van der Waals surface area (Å²) < 4.78 is 1.77. The molecule has 1 aliphatic rings. The molecule has 9 heteroatoms. The number of hydrogen-bond donors (Lipinski definition) is 3. The summed E-state index contributed by atoms with van der Waals surface area (Å²) in [6, 6.07) is 25.4. The first kappa shape index (κ1) is 21.6. The zero-order valence-corrected chi connectivity index (χ0v) is 20.0. The number of benzene rings is 3. The average Bonchev–Trinajstić information content (AvgIpc) is 3.38. The lowest BCUT2D eigenvalue weighted by atomic mass is 10.0. The zero-order chi connectivity index (χ0) is 23.8. The van der Waals surface area contributed by atoms with Crippen LogP contribution >= 0.6 is 23.4 Å². The van der Waals surface area contributed by atoms with Crippen LogP contribution in [0, 0.1) is 0 Å². The number of anilines is 1. The summed E-state index contributed by atoms with van der Waals surface area (Å²) in [5, 5.41) is 17.1. The van der Waals surface area contributed by atoms with Gasteiger partial charge in [-0.15, -0.1) is 0 Å². The molecule has 35 heavy (non-hydrogen) atoms. The Balaban J connectivity index is 1.45. The summed E-state index contributed by atoms with van der Waals surface area (Å²) in [5.74, 6) is 0.648. The maximum Gasteiger partial charge on any atom is 0.325 e. The van der Waals surface area contributed by atoms with Crippen LogP contribution in [0.15, 0.2) is 95.0 Å². The fraction of sp³-hybridized carbons (Fsp3) is 0.0769. The van der Waals surface area contributed by atoms with Crippen molar-refractivity contribution in [2.24, 2.45) is 0 Å². The molecule has 1 atom stereocenters. The maximum absolute atomic E-state index is 13.4. The molecule has 0 aliphatic carbocycles. The predicted octanol–water partition coefficient (Wildman–Crippen LogP) is 5.03. The molecule has 5 aromatic rings. The molecule has 0 unspecified atom stereocenters. The van der Waals surface area contributed by atoms with E-state index in [-0.39, 0.29) is 5.56 Å². The molecule has 3 aromatic carbocycles. The highest BCUT2D eigenvalue weighted by atomic mass is 35.5. The minimum absolute atomic E-state index is 0.192. The van der Waals surface area contributed by atoms with Gasteiger partial charge in [0.15, 0.2) is 0 Å². The first-order chi connectivity index (χ1) is 17.2. The summed E-state index contributed by atoms with van der Waals surface area (Å²) in [4.78, 5) is 16.3. The van der Waals surface area contributed by atoms with Gasteiger partial charge >= 0.3 is 11.3 Å². The van der Waals surface area contributed by atoms with Gasteiger partial charge in [-0.2, -0.15) is 5.10 Å². The highest BCUT2D eigenvalue weighted by Crippen LogP contribution is 2.34. The van der Waals surface area contributed by atoms with Crippen LogP contribution in [0.1, 0.15) is 17.3 Å². The van der Waals surface area contributed by atoms with Gasteiger partial charge in [0.05, 0.1) is 28.7 Å². The molecule has 172 valence electrons. The van der Waals surface area contributed by atoms with E-state index in [0.717, 1.165) is 33.6 Å². The Morgan fingerprint density at radius 3 is 2.57 bits per heavy atom. The molecule has 0 saturated heterocycles. The van der Waals surface area contributed by atoms with Gasteiger partial charge in [0.25, 0.3) is 6.17 Å². The van der Waals surface area contributed by atoms with Crippen molar-refractivity contribution in [1.82, 2.24) is 20.3 Å². The smallest absolute Gasteiger partial charge is 0.321 e. The summed E-state index contributed by atoms with van der Waals surface area (Å²) >= 11 is 7.47. The van der Waals surface area contributed by atoms with E-state index in [4.69, 9.17) is 16.7 Å². The van der Waals surface area contributed by atoms with Crippen molar-refractivity contribution >= 4 is 29.1 Å². The Kier molecular flexibility index (Phi) is 5.60. The summed E-state index contributed by atoms with van der Waals surface area (Å²) in [7, 11) is 0. The third kappa shape index (κ3) is 4.11. The minimum atomic E-state index is -0.425. The number of halogens is 1. The summed E-state index contributed by atoms with van der Waals surface area (Å²) in [5.41, 5.74) is 5.84. The standard InChI is InChI=1S/C26H19ClN6OS/c27-18-12-10-16(11-13-18)15-35-26-30-25(34)23-19-8-4-5-9-21(19)29-24(33(23)32-26)20-14-28-31-22(20)17-6-2-1-3-7-17/h1-14,24H,15H2,(H2,28,30,31,32,34)/p+1/t24-/m0/s1. The second-order valence-electron chi connectivity index (χ2n) is 8.13. The molecular weight excluding hydrogens is 480 g/mol. The monoisotopic (exact) mass is 499 g/mol. The van der Waals surface area contributed by atoms with E-state index in [0.29, 0.717) is 21.6 Å². The van der Waals surface area contributed by atoms with E-state index in [2.05, 4.69) is 20.5 Å². The van der Waals surface area contributed by atoms with Gasteiger partial charge in [-0.25, -0.2) is 0 Å². The van der Waals surface area contributed by atoms with Crippen molar-refractivity contribution in [3.63, 3.8) is 0 Å². The first-order valence-corrected chi connectivity index (χ1v) is 12.4. The quantitative estimate of drug-likeness (QED) is 0.233. The van der Waals surface area contributed by atoms with E-state index in [1.807, 2.05) is 78.9 Å². The molecule has 3 heterocycles. The largest absolute Gasteiger partial charge is 0.325 e. The van der Waals surface area contributed by atoms with Crippen LogP contribution in [0.4, 0.5) is 5.69 Å². The van der Waals surface area contributed by atoms with Crippen molar-refractivity contribution in [3.05, 3.63) is 112 Å². The van der Waals surface area contributed by atoms with Gasteiger partial charge in [-0.05, 0) is 34.5 Å². The lowest BCUT2D eigenvalue weighted by Crippen LogP contribution is -2.55. The Labute approximate surface area is 210 Å². The van der Waals surface area contributed by atoms with Crippen molar-refractivity contribution < 1.29 is 4.68 Å². The second kappa shape index (κ2) is 9.05. The molecule has 0 fully saturated rings. The van der Waals surface area contributed by atoms with Gasteiger partial charge in [0, 0.05) is 21.4 Å². The number of para-hydroxylation sites is 1. The molecule has 1 aliphatic heterocycles. The van der Waals surface area contributed by atoms with Crippen molar-refractivity contribution in [3.8, 4) is 22.5 Å². The number of thioether (sulfide) groups is 1. The number of nitrogens with zero attached hydrogens (tertiary/aromatic N) is 3. The van der Waals surface area contributed by atoms with Crippen LogP contribution < -0.4 is 15.6 Å². The molecule has 0 bridgehead atoms. The van der Waals surface area contributed by atoms with Crippen LogP contribution in [0.25, 0.3) is 22.5 Å². The number of aromatic nitrogens is 5. The number of nitrogens with one attached hydrogen (secondary N) is 3. The number of fused-ring (bicyclic) bond motifs is 3. The molecule has 7 nitrogen and oxygen atoms in total. The molecule has 2 aromatic heterocycles. The summed E-state index contributed by atoms with van der Waals surface area (Å²) in [6.07, 6.45) is 1.36. The molecule has 0 radical (unpaired) electrons. The van der Waals surface area contributed by atoms with E-state index in [1.54, 1.807) is 10.9 Å². The molecule has 3 N–H and O–H groups in total. The normalized spacial score (nSPS) is 14.1. The van der Waals surface area contributed by atoms with E-state index < -0.39 is 6.17 Å². The molecule has 6 rings (SSSR count). The maximum atomic E-state index is 13.4. The van der Waals surface area contributed by atoms with E-state index >= 15 is 0 Å². The Bertz CT molecular complexity index is 1570. The lowest BCUT2D eigenvalue weighted by Gasteiger charge is -2.22. The van der Waals surface area contributed by atoms with Gasteiger partial charge in [0.1, 0.15) is 0 Å². The fourth-order valence-corrected chi connectivity index (χ4v) is 5.17. The van der Waals surface area contributed by atoms with Crippen molar-refractivity contribution in [2.75, 3.05) is 5.32 Å². The Morgan fingerprint density at radius 2 is 1.74 bits per heavy atom.